The molecule has 2 saturated heterocycles. The summed E-state index contributed by atoms with van der Waals surface area (Å²) in [7, 11) is 1.49. The Morgan fingerprint density at radius 3 is 2.43 bits per heavy atom. The second-order valence-electron chi connectivity index (χ2n) is 8.54. The molecule has 178 valence electrons. The normalized spacial score (nSPS) is 21.4. The number of aryl methyl sites for hydroxylation is 1. The smallest absolute Gasteiger partial charge is 0.268 e. The SMILES string of the molecule is CCc1ccc([C@@H]2NN(C(=O)c3cccc(Br)c3)[C@H]3C(=O)N(c4ccccc4OC)C(=O)[C@@H]23)cc1. The highest BCUT2D eigenvalue weighted by molar-refractivity contribution is 9.10. The number of carbonyl (C=O) groups excluding carboxylic acids is 3. The van der Waals surface area contributed by atoms with Crippen molar-refractivity contribution >= 4 is 39.3 Å². The van der Waals surface area contributed by atoms with Gasteiger partial charge in [-0.1, -0.05) is 65.3 Å². The van der Waals surface area contributed by atoms with Gasteiger partial charge >= 0.3 is 0 Å². The molecule has 0 aliphatic carbocycles. The molecule has 0 unspecified atom stereocenters. The van der Waals surface area contributed by atoms with Crippen LogP contribution >= 0.6 is 15.9 Å². The number of rotatable bonds is 5. The largest absolute Gasteiger partial charge is 0.495 e. The zero-order valence-electron chi connectivity index (χ0n) is 19.3. The molecule has 5 rings (SSSR count). The second-order valence-corrected chi connectivity index (χ2v) is 9.46. The van der Waals surface area contributed by atoms with Gasteiger partial charge in [0, 0.05) is 10.0 Å². The van der Waals surface area contributed by atoms with E-state index in [9.17, 15) is 14.4 Å². The number of imide groups is 1. The van der Waals surface area contributed by atoms with E-state index in [1.165, 1.54) is 12.1 Å². The number of ether oxygens (including phenoxy) is 1. The van der Waals surface area contributed by atoms with Crippen LogP contribution in [0.25, 0.3) is 0 Å². The van der Waals surface area contributed by atoms with Crippen LogP contribution in [0.4, 0.5) is 5.69 Å². The molecule has 8 heteroatoms. The van der Waals surface area contributed by atoms with Gasteiger partial charge in [-0.2, -0.15) is 0 Å². The van der Waals surface area contributed by atoms with E-state index in [-0.39, 0.29) is 11.8 Å². The lowest BCUT2D eigenvalue weighted by molar-refractivity contribution is -0.123. The average Bonchev–Trinajstić information content (AvgIpc) is 3.40. The van der Waals surface area contributed by atoms with Crippen LogP contribution in [0, 0.1) is 5.92 Å². The van der Waals surface area contributed by atoms with Gasteiger partial charge in [-0.05, 0) is 47.9 Å². The van der Waals surface area contributed by atoms with Gasteiger partial charge in [0.2, 0.25) is 5.91 Å². The number of para-hydroxylation sites is 2. The monoisotopic (exact) mass is 533 g/mol. The van der Waals surface area contributed by atoms with Crippen molar-refractivity contribution in [2.75, 3.05) is 12.0 Å². The maximum atomic E-state index is 13.8. The summed E-state index contributed by atoms with van der Waals surface area (Å²) >= 11 is 3.40. The first kappa shape index (κ1) is 23.3. The Kier molecular flexibility index (Phi) is 6.17. The van der Waals surface area contributed by atoms with Crippen LogP contribution < -0.4 is 15.1 Å². The first-order chi connectivity index (χ1) is 16.9. The van der Waals surface area contributed by atoms with E-state index in [1.54, 1.807) is 42.5 Å². The number of amides is 3. The number of nitrogens with zero attached hydrogens (tertiary/aromatic N) is 2. The van der Waals surface area contributed by atoms with Crippen LogP contribution in [0.2, 0.25) is 0 Å². The number of fused-ring (bicyclic) bond motifs is 1. The number of carbonyl (C=O) groups is 3. The molecule has 35 heavy (non-hydrogen) atoms. The number of nitrogens with one attached hydrogen (secondary N) is 1. The molecule has 2 aliphatic heterocycles. The van der Waals surface area contributed by atoms with Crippen molar-refractivity contribution in [3.8, 4) is 5.75 Å². The molecule has 2 fully saturated rings. The van der Waals surface area contributed by atoms with Gasteiger partial charge in [0.05, 0.1) is 24.8 Å². The molecule has 3 amide bonds. The molecule has 3 atom stereocenters. The first-order valence-electron chi connectivity index (χ1n) is 11.4. The van der Waals surface area contributed by atoms with Crippen molar-refractivity contribution in [3.05, 3.63) is 94.0 Å². The Labute approximate surface area is 211 Å². The van der Waals surface area contributed by atoms with Crippen LogP contribution in [0.15, 0.2) is 77.3 Å². The highest BCUT2D eigenvalue weighted by Crippen LogP contribution is 2.44. The van der Waals surface area contributed by atoms with E-state index >= 15 is 0 Å². The fourth-order valence-corrected chi connectivity index (χ4v) is 5.22. The Morgan fingerprint density at radius 1 is 1.00 bits per heavy atom. The Balaban J connectivity index is 1.59. The highest BCUT2D eigenvalue weighted by atomic mass is 79.9. The minimum atomic E-state index is -0.991. The van der Waals surface area contributed by atoms with Crippen LogP contribution in [0.1, 0.15) is 34.5 Å². The van der Waals surface area contributed by atoms with E-state index in [0.29, 0.717) is 17.0 Å². The van der Waals surface area contributed by atoms with E-state index in [4.69, 9.17) is 4.74 Å². The Bertz CT molecular complexity index is 1310. The Morgan fingerprint density at radius 2 is 1.74 bits per heavy atom. The van der Waals surface area contributed by atoms with Crippen molar-refractivity contribution < 1.29 is 19.1 Å². The molecule has 0 radical (unpaired) electrons. The van der Waals surface area contributed by atoms with Crippen LogP contribution in [0.5, 0.6) is 5.75 Å². The third-order valence-corrected chi connectivity index (χ3v) is 7.09. The zero-order valence-corrected chi connectivity index (χ0v) is 20.9. The van der Waals surface area contributed by atoms with Gasteiger partial charge in [-0.3, -0.25) is 19.4 Å². The topological polar surface area (TPSA) is 79.0 Å². The molecule has 0 spiro atoms. The first-order valence-corrected chi connectivity index (χ1v) is 12.2. The van der Waals surface area contributed by atoms with Gasteiger partial charge in [-0.15, -0.1) is 0 Å². The summed E-state index contributed by atoms with van der Waals surface area (Å²) in [5.74, 6) is -1.58. The van der Waals surface area contributed by atoms with Crippen molar-refractivity contribution in [3.63, 3.8) is 0 Å². The summed E-state index contributed by atoms with van der Waals surface area (Å²) in [6.07, 6.45) is 0.886. The summed E-state index contributed by atoms with van der Waals surface area (Å²) < 4.78 is 6.17. The number of hydrazine groups is 1. The van der Waals surface area contributed by atoms with Crippen molar-refractivity contribution in [2.24, 2.45) is 5.92 Å². The number of hydrogen-bond acceptors (Lipinski definition) is 5. The van der Waals surface area contributed by atoms with Crippen LogP contribution in [-0.2, 0) is 16.0 Å². The minimum absolute atomic E-state index is 0.369. The molecule has 3 aromatic rings. The number of methoxy groups -OCH3 is 1. The molecular weight excluding hydrogens is 510 g/mol. The van der Waals surface area contributed by atoms with Gasteiger partial charge in [0.15, 0.2) is 0 Å². The molecule has 1 N–H and O–H groups in total. The van der Waals surface area contributed by atoms with E-state index < -0.39 is 23.9 Å². The summed E-state index contributed by atoms with van der Waals surface area (Å²) in [6.45, 7) is 2.07. The van der Waals surface area contributed by atoms with Crippen molar-refractivity contribution in [1.82, 2.24) is 10.4 Å². The Hall–Kier alpha value is -3.49. The lowest BCUT2D eigenvalue weighted by Gasteiger charge is -2.26. The molecule has 2 aliphatic rings. The average molecular weight is 534 g/mol. The second kappa shape index (κ2) is 9.28. The minimum Gasteiger partial charge on any atom is -0.495 e. The van der Waals surface area contributed by atoms with Crippen LogP contribution in [-0.4, -0.2) is 35.9 Å². The number of anilines is 1. The molecule has 2 heterocycles. The lowest BCUT2D eigenvalue weighted by Crippen LogP contribution is -2.48. The fraction of sp³-hybridized carbons (Fsp3) is 0.222. The predicted octanol–water partition coefficient (Wildman–Crippen LogP) is 4.28. The molecule has 0 bridgehead atoms. The zero-order chi connectivity index (χ0) is 24.7. The van der Waals surface area contributed by atoms with Crippen LogP contribution in [0.3, 0.4) is 0 Å². The molecular formula is C27H24BrN3O4. The van der Waals surface area contributed by atoms with E-state index in [1.807, 2.05) is 30.3 Å². The summed E-state index contributed by atoms with van der Waals surface area (Å²) in [6, 6.07) is 20.2. The molecule has 3 aromatic carbocycles. The van der Waals surface area contributed by atoms with Gasteiger partial charge in [0.1, 0.15) is 11.8 Å². The summed E-state index contributed by atoms with van der Waals surface area (Å²) in [4.78, 5) is 42.3. The molecule has 0 aromatic heterocycles. The van der Waals surface area contributed by atoms with Crippen molar-refractivity contribution in [1.29, 1.82) is 0 Å². The number of hydrogen-bond donors (Lipinski definition) is 1. The van der Waals surface area contributed by atoms with Gasteiger partial charge < -0.3 is 4.74 Å². The maximum Gasteiger partial charge on any atom is 0.268 e. The van der Waals surface area contributed by atoms with E-state index in [0.717, 1.165) is 26.9 Å². The lowest BCUT2D eigenvalue weighted by atomic mass is 9.90. The highest BCUT2D eigenvalue weighted by Gasteiger charge is 2.60. The van der Waals surface area contributed by atoms with Crippen molar-refractivity contribution in [2.45, 2.75) is 25.4 Å². The predicted molar refractivity (Wildman–Crippen MR) is 135 cm³/mol. The molecule has 0 saturated carbocycles. The third-order valence-electron chi connectivity index (χ3n) is 6.60. The molecule has 7 nitrogen and oxygen atoms in total. The van der Waals surface area contributed by atoms with Gasteiger partial charge in [0.25, 0.3) is 11.8 Å². The standard InChI is InChI=1S/C27H24BrN3O4/c1-3-16-11-13-17(14-12-16)23-22-24(31(29-23)25(32)18-7-6-8-19(28)15-18)27(34)30(26(22)33)20-9-4-5-10-21(20)35-2/h4-15,22-24,29H,3H2,1-2H3/t22-,23-,24+/m0/s1. The number of halogens is 1. The fourth-order valence-electron chi connectivity index (χ4n) is 4.82. The van der Waals surface area contributed by atoms with Gasteiger partial charge in [-0.25, -0.2) is 10.3 Å². The summed E-state index contributed by atoms with van der Waals surface area (Å²) in [5, 5.41) is 1.32. The number of benzene rings is 3. The van der Waals surface area contributed by atoms with E-state index in [2.05, 4.69) is 28.3 Å². The quantitative estimate of drug-likeness (QED) is 0.495. The summed E-state index contributed by atoms with van der Waals surface area (Å²) in [5.41, 5.74) is 5.97. The third kappa shape index (κ3) is 3.92. The maximum absolute atomic E-state index is 13.8.